The molecule has 1 unspecified atom stereocenters. The van der Waals surface area contributed by atoms with E-state index in [4.69, 9.17) is 11.1 Å². The van der Waals surface area contributed by atoms with Crippen LogP contribution in [0.2, 0.25) is 0 Å². The number of carbonyl (C=O) groups excluding carboxylic acids is 2. The largest absolute Gasteiger partial charge is 0.371 e. The molecule has 0 aromatic heterocycles. The van der Waals surface area contributed by atoms with E-state index < -0.39 is 34.4 Å². The SMILES string of the molecule is N=C(N)N1CCC[C@H](NC(=O)[C@@H]2CC[C@@H]3CCC[C@H](NS(=O)(=O)Cc4ccccc4)C(=O)N32)C1O. The minimum atomic E-state index is -3.76. The van der Waals surface area contributed by atoms with Crippen LogP contribution in [0.25, 0.3) is 0 Å². The van der Waals surface area contributed by atoms with Crippen molar-refractivity contribution >= 4 is 27.8 Å². The number of nitrogens with one attached hydrogen (secondary N) is 3. The number of carbonyl (C=O) groups is 2. The lowest BCUT2D eigenvalue weighted by Gasteiger charge is -2.39. The Hall–Kier alpha value is -2.70. The van der Waals surface area contributed by atoms with Crippen molar-refractivity contribution in [3.63, 3.8) is 0 Å². The number of benzene rings is 1. The molecule has 35 heavy (non-hydrogen) atoms. The van der Waals surface area contributed by atoms with Crippen molar-refractivity contribution in [2.75, 3.05) is 6.54 Å². The van der Waals surface area contributed by atoms with Gasteiger partial charge in [-0.25, -0.2) is 13.1 Å². The van der Waals surface area contributed by atoms with E-state index in [2.05, 4.69) is 10.0 Å². The van der Waals surface area contributed by atoms with E-state index in [0.717, 1.165) is 0 Å². The van der Waals surface area contributed by atoms with Crippen molar-refractivity contribution in [3.05, 3.63) is 35.9 Å². The van der Waals surface area contributed by atoms with Gasteiger partial charge in [-0.2, -0.15) is 0 Å². The first-order chi connectivity index (χ1) is 16.7. The van der Waals surface area contributed by atoms with Crippen LogP contribution < -0.4 is 15.8 Å². The van der Waals surface area contributed by atoms with Crippen LogP contribution in [0.1, 0.15) is 50.5 Å². The first-order valence-electron chi connectivity index (χ1n) is 12.1. The molecular formula is C23H34N6O5S. The number of rotatable bonds is 6. The molecule has 6 N–H and O–H groups in total. The molecule has 1 aromatic carbocycles. The molecule has 3 heterocycles. The van der Waals surface area contributed by atoms with Crippen molar-refractivity contribution in [3.8, 4) is 0 Å². The van der Waals surface area contributed by atoms with Crippen molar-refractivity contribution in [1.29, 1.82) is 5.41 Å². The molecule has 0 spiro atoms. The Bertz CT molecular complexity index is 1050. The molecule has 3 saturated heterocycles. The minimum absolute atomic E-state index is 0.119. The van der Waals surface area contributed by atoms with Gasteiger partial charge in [-0.15, -0.1) is 0 Å². The molecule has 0 saturated carbocycles. The fraction of sp³-hybridized carbons (Fsp3) is 0.609. The summed E-state index contributed by atoms with van der Waals surface area (Å²) in [7, 11) is -3.76. The number of amides is 2. The van der Waals surface area contributed by atoms with E-state index in [1.54, 1.807) is 35.2 Å². The predicted molar refractivity (Wildman–Crippen MR) is 129 cm³/mol. The lowest BCUT2D eigenvalue weighted by molar-refractivity contribution is -0.142. The average molecular weight is 507 g/mol. The third-order valence-electron chi connectivity index (χ3n) is 7.14. The Balaban J connectivity index is 1.44. The molecule has 3 aliphatic rings. The summed E-state index contributed by atoms with van der Waals surface area (Å²) in [6.07, 6.45) is 2.98. The van der Waals surface area contributed by atoms with Crippen LogP contribution >= 0.6 is 0 Å². The molecule has 192 valence electrons. The van der Waals surface area contributed by atoms with Gasteiger partial charge in [0.2, 0.25) is 21.8 Å². The summed E-state index contributed by atoms with van der Waals surface area (Å²) in [4.78, 5) is 29.6. The molecule has 0 radical (unpaired) electrons. The molecule has 0 bridgehead atoms. The minimum Gasteiger partial charge on any atom is -0.371 e. The van der Waals surface area contributed by atoms with Gasteiger partial charge in [0.05, 0.1) is 11.8 Å². The smallest absolute Gasteiger partial charge is 0.243 e. The zero-order valence-electron chi connectivity index (χ0n) is 19.6. The lowest BCUT2D eigenvalue weighted by Crippen LogP contribution is -2.61. The van der Waals surface area contributed by atoms with E-state index in [1.165, 1.54) is 4.90 Å². The number of hydrogen-bond donors (Lipinski definition) is 5. The zero-order chi connectivity index (χ0) is 25.2. The highest BCUT2D eigenvalue weighted by Crippen LogP contribution is 2.32. The summed E-state index contributed by atoms with van der Waals surface area (Å²) >= 11 is 0. The first kappa shape index (κ1) is 25.4. The maximum Gasteiger partial charge on any atom is 0.243 e. The van der Waals surface area contributed by atoms with Crippen LogP contribution in [-0.4, -0.2) is 78.0 Å². The van der Waals surface area contributed by atoms with Gasteiger partial charge in [0.25, 0.3) is 0 Å². The molecule has 4 rings (SSSR count). The topological polar surface area (TPSA) is 169 Å². The zero-order valence-corrected chi connectivity index (χ0v) is 20.4. The number of likely N-dealkylation sites (tertiary alicyclic amines) is 1. The lowest BCUT2D eigenvalue weighted by atomic mass is 10.0. The molecule has 5 atom stereocenters. The first-order valence-corrected chi connectivity index (χ1v) is 13.8. The second-order valence-electron chi connectivity index (χ2n) is 9.59. The molecule has 2 amide bonds. The van der Waals surface area contributed by atoms with Gasteiger partial charge < -0.3 is 26.0 Å². The highest BCUT2D eigenvalue weighted by atomic mass is 32.2. The highest BCUT2D eigenvalue weighted by Gasteiger charge is 2.46. The second-order valence-corrected chi connectivity index (χ2v) is 11.3. The molecule has 1 aromatic rings. The molecule has 0 aliphatic carbocycles. The van der Waals surface area contributed by atoms with Gasteiger partial charge in [-0.1, -0.05) is 30.3 Å². The number of sulfonamides is 1. The third kappa shape index (κ3) is 5.76. The van der Waals surface area contributed by atoms with Crippen LogP contribution in [-0.2, 0) is 25.4 Å². The number of aliphatic hydroxyl groups is 1. The van der Waals surface area contributed by atoms with Crippen molar-refractivity contribution in [1.82, 2.24) is 19.8 Å². The maximum atomic E-state index is 13.5. The number of guanidine groups is 1. The quantitative estimate of drug-likeness (QED) is 0.263. The van der Waals surface area contributed by atoms with Gasteiger partial charge in [-0.3, -0.25) is 15.0 Å². The summed E-state index contributed by atoms with van der Waals surface area (Å²) in [5, 5.41) is 21.0. The summed E-state index contributed by atoms with van der Waals surface area (Å²) in [6.45, 7) is 0.434. The maximum absolute atomic E-state index is 13.5. The standard InChI is InChI=1S/C23H34N6O5S/c24-23(25)28-13-5-10-17(21(28)31)26-20(30)19-12-11-16-8-4-9-18(22(32)29(16)19)27-35(33,34)14-15-6-2-1-3-7-15/h1-3,6-7,16-19,21,27,31H,4-5,8-14H2,(H3,24,25)(H,26,30)/t16-,17-,18-,19-,21?/m0/s1. The van der Waals surface area contributed by atoms with E-state index >= 15 is 0 Å². The van der Waals surface area contributed by atoms with Crippen molar-refractivity contribution < 1.29 is 23.1 Å². The van der Waals surface area contributed by atoms with Crippen LogP contribution in [0.5, 0.6) is 0 Å². The van der Waals surface area contributed by atoms with Crippen LogP contribution in [0, 0.1) is 5.41 Å². The molecule has 3 fully saturated rings. The Labute approximate surface area is 205 Å². The second kappa shape index (κ2) is 10.5. The summed E-state index contributed by atoms with van der Waals surface area (Å²) in [5.41, 5.74) is 6.17. The summed E-state index contributed by atoms with van der Waals surface area (Å²) in [6, 6.07) is 6.39. The van der Waals surface area contributed by atoms with Crippen LogP contribution in [0.3, 0.4) is 0 Å². The number of aliphatic hydroxyl groups excluding tert-OH is 1. The summed E-state index contributed by atoms with van der Waals surface area (Å²) < 4.78 is 28.2. The normalized spacial score (nSPS) is 29.4. The fourth-order valence-electron chi connectivity index (χ4n) is 5.45. The molecule has 11 nitrogen and oxygen atoms in total. The third-order valence-corrected chi connectivity index (χ3v) is 8.50. The number of hydrogen-bond acceptors (Lipinski definition) is 6. The van der Waals surface area contributed by atoms with E-state index in [-0.39, 0.29) is 29.6 Å². The van der Waals surface area contributed by atoms with E-state index in [1.807, 2.05) is 0 Å². The Morgan fingerprint density at radius 3 is 2.57 bits per heavy atom. The molecule has 3 aliphatic heterocycles. The van der Waals surface area contributed by atoms with Gasteiger partial charge >= 0.3 is 0 Å². The fourth-order valence-corrected chi connectivity index (χ4v) is 6.82. The number of nitrogens with zero attached hydrogens (tertiary/aromatic N) is 2. The number of nitrogens with two attached hydrogens (primary N) is 1. The van der Waals surface area contributed by atoms with Gasteiger partial charge in [-0.05, 0) is 50.5 Å². The average Bonchev–Trinajstić information content (AvgIpc) is 3.17. The monoisotopic (exact) mass is 506 g/mol. The number of piperidine rings is 1. The highest BCUT2D eigenvalue weighted by molar-refractivity contribution is 7.88. The van der Waals surface area contributed by atoms with Gasteiger partial charge in [0, 0.05) is 12.6 Å². The Morgan fingerprint density at radius 2 is 1.86 bits per heavy atom. The van der Waals surface area contributed by atoms with E-state index in [9.17, 15) is 23.1 Å². The number of fused-ring (bicyclic) bond motifs is 1. The Morgan fingerprint density at radius 1 is 1.11 bits per heavy atom. The van der Waals surface area contributed by atoms with Crippen LogP contribution in [0.4, 0.5) is 0 Å². The molecule has 12 heteroatoms. The summed E-state index contributed by atoms with van der Waals surface area (Å²) in [5.74, 6) is -1.23. The van der Waals surface area contributed by atoms with Crippen LogP contribution in [0.15, 0.2) is 30.3 Å². The van der Waals surface area contributed by atoms with Crippen molar-refractivity contribution in [2.45, 2.75) is 81.1 Å². The van der Waals surface area contributed by atoms with Crippen molar-refractivity contribution in [2.24, 2.45) is 5.73 Å². The van der Waals surface area contributed by atoms with Gasteiger partial charge in [0.1, 0.15) is 18.3 Å². The molecular weight excluding hydrogens is 472 g/mol. The van der Waals surface area contributed by atoms with E-state index in [0.29, 0.717) is 57.1 Å². The Kier molecular flexibility index (Phi) is 7.62. The predicted octanol–water partition coefficient (Wildman–Crippen LogP) is -0.189. The van der Waals surface area contributed by atoms with Gasteiger partial charge in [0.15, 0.2) is 5.96 Å².